The number of nitrogens with zero attached hydrogens (tertiary/aromatic N) is 1. The average Bonchev–Trinajstić information content (AvgIpc) is 2.82. The molecule has 0 aromatic carbocycles. The minimum Gasteiger partial charge on any atom is -0.480 e. The predicted molar refractivity (Wildman–Crippen MR) is 91.9 cm³/mol. The topological polar surface area (TPSA) is 95.9 Å². The van der Waals surface area contributed by atoms with E-state index in [-0.39, 0.29) is 29.1 Å². The van der Waals surface area contributed by atoms with Crippen molar-refractivity contribution in [2.24, 2.45) is 23.2 Å². The molecule has 4 atom stereocenters. The Kier molecular flexibility index (Phi) is 4.83. The molecule has 1 saturated heterocycles. The average molecular weight is 354 g/mol. The molecule has 2 amide bonds. The Morgan fingerprint density at radius 1 is 1.24 bits per heavy atom. The van der Waals surface area contributed by atoms with Gasteiger partial charge in [0.1, 0.15) is 17.7 Å². The largest absolute Gasteiger partial charge is 0.480 e. The van der Waals surface area contributed by atoms with Crippen LogP contribution in [0.2, 0.25) is 0 Å². The summed E-state index contributed by atoms with van der Waals surface area (Å²) in [6, 6.07) is -1.63. The second-order valence-corrected chi connectivity index (χ2v) is 9.10. The molecule has 1 aliphatic carbocycles. The SMILES string of the molecule is CC(C)C(NC(=O)OC(C)(C)C)C(=O)N1CC2C(C1C(=O)O)C2(C)C. The van der Waals surface area contributed by atoms with Gasteiger partial charge in [-0.3, -0.25) is 4.79 Å². The molecule has 25 heavy (non-hydrogen) atoms. The number of alkyl carbamates (subject to hydrolysis) is 1. The number of amides is 2. The van der Waals surface area contributed by atoms with E-state index in [2.05, 4.69) is 5.32 Å². The Balaban J connectivity index is 2.13. The molecule has 142 valence electrons. The molecule has 2 rings (SSSR count). The maximum absolute atomic E-state index is 13.0. The van der Waals surface area contributed by atoms with Gasteiger partial charge in [-0.1, -0.05) is 27.7 Å². The monoisotopic (exact) mass is 354 g/mol. The summed E-state index contributed by atoms with van der Waals surface area (Å²) in [6.07, 6.45) is -0.670. The summed E-state index contributed by atoms with van der Waals surface area (Å²) in [5.41, 5.74) is -0.719. The Hall–Kier alpha value is -1.79. The predicted octanol–water partition coefficient (Wildman–Crippen LogP) is 2.10. The highest BCUT2D eigenvalue weighted by Crippen LogP contribution is 2.64. The number of carboxylic acid groups (broad SMARTS) is 1. The molecular formula is C18H30N2O5. The third kappa shape index (κ3) is 3.75. The van der Waals surface area contributed by atoms with Crippen LogP contribution in [0.25, 0.3) is 0 Å². The molecule has 0 aromatic rings. The lowest BCUT2D eigenvalue weighted by Gasteiger charge is -2.33. The zero-order valence-corrected chi connectivity index (χ0v) is 16.1. The van der Waals surface area contributed by atoms with Crippen molar-refractivity contribution in [1.82, 2.24) is 10.2 Å². The highest BCUT2D eigenvalue weighted by Gasteiger charge is 2.69. The molecule has 1 saturated carbocycles. The van der Waals surface area contributed by atoms with Gasteiger partial charge in [0.05, 0.1) is 0 Å². The molecular weight excluding hydrogens is 324 g/mol. The van der Waals surface area contributed by atoms with Crippen LogP contribution in [-0.4, -0.2) is 52.2 Å². The van der Waals surface area contributed by atoms with E-state index >= 15 is 0 Å². The fraction of sp³-hybridized carbons (Fsp3) is 0.833. The summed E-state index contributed by atoms with van der Waals surface area (Å²) >= 11 is 0. The van der Waals surface area contributed by atoms with Crippen LogP contribution < -0.4 is 5.32 Å². The number of carbonyl (C=O) groups excluding carboxylic acids is 2. The lowest BCUT2D eigenvalue weighted by molar-refractivity contribution is -0.151. The summed E-state index contributed by atoms with van der Waals surface area (Å²) in [5, 5.41) is 12.2. The first-order chi connectivity index (χ1) is 11.3. The van der Waals surface area contributed by atoms with Gasteiger partial charge in [-0.2, -0.15) is 0 Å². The molecule has 0 aromatic heterocycles. The van der Waals surface area contributed by atoms with Gasteiger partial charge in [0.15, 0.2) is 0 Å². The molecule has 2 N–H and O–H groups in total. The van der Waals surface area contributed by atoms with Gasteiger partial charge in [-0.05, 0) is 38.0 Å². The second kappa shape index (κ2) is 6.18. The minimum absolute atomic E-state index is 0.0247. The Morgan fingerprint density at radius 3 is 2.24 bits per heavy atom. The Morgan fingerprint density at radius 2 is 1.80 bits per heavy atom. The zero-order chi connectivity index (χ0) is 19.3. The van der Waals surface area contributed by atoms with Gasteiger partial charge in [0.2, 0.25) is 5.91 Å². The fourth-order valence-electron chi connectivity index (χ4n) is 3.92. The van der Waals surface area contributed by atoms with Gasteiger partial charge < -0.3 is 20.1 Å². The lowest BCUT2D eigenvalue weighted by atomic mass is 9.98. The standard InChI is InChI=1S/C18H30N2O5/c1-9(2)12(19-16(24)25-17(3,4)5)14(21)20-8-10-11(18(10,6)7)13(20)15(22)23/h9-13H,8H2,1-7H3,(H,19,24)(H,22,23). The minimum atomic E-state index is -0.980. The van der Waals surface area contributed by atoms with Gasteiger partial charge in [-0.25, -0.2) is 9.59 Å². The van der Waals surface area contributed by atoms with Gasteiger partial charge in [0.25, 0.3) is 0 Å². The van der Waals surface area contributed by atoms with E-state index in [1.54, 1.807) is 20.8 Å². The third-order valence-electron chi connectivity index (χ3n) is 5.35. The third-order valence-corrected chi connectivity index (χ3v) is 5.35. The summed E-state index contributed by atoms with van der Waals surface area (Å²) in [6.45, 7) is 13.4. The van der Waals surface area contributed by atoms with Crippen molar-refractivity contribution in [3.05, 3.63) is 0 Å². The van der Waals surface area contributed by atoms with Crippen molar-refractivity contribution >= 4 is 18.0 Å². The van der Waals surface area contributed by atoms with Gasteiger partial charge in [-0.15, -0.1) is 0 Å². The van der Waals surface area contributed by atoms with Gasteiger partial charge in [0, 0.05) is 12.5 Å². The van der Waals surface area contributed by atoms with E-state index in [1.165, 1.54) is 4.90 Å². The van der Waals surface area contributed by atoms with E-state index in [0.717, 1.165) is 0 Å². The molecule has 4 unspecified atom stereocenters. The number of hydrogen-bond acceptors (Lipinski definition) is 4. The molecule has 0 radical (unpaired) electrons. The summed E-state index contributed by atoms with van der Waals surface area (Å²) < 4.78 is 5.23. The number of likely N-dealkylation sites (tertiary alicyclic amines) is 1. The molecule has 0 spiro atoms. The van der Waals surface area contributed by atoms with E-state index in [9.17, 15) is 19.5 Å². The highest BCUT2D eigenvalue weighted by molar-refractivity contribution is 5.90. The first-order valence-corrected chi connectivity index (χ1v) is 8.80. The summed E-state index contributed by atoms with van der Waals surface area (Å²) in [5.74, 6) is -1.34. The molecule has 2 aliphatic rings. The molecule has 7 nitrogen and oxygen atoms in total. The van der Waals surface area contributed by atoms with Crippen molar-refractivity contribution < 1.29 is 24.2 Å². The van der Waals surface area contributed by atoms with Crippen LogP contribution in [0.15, 0.2) is 0 Å². The van der Waals surface area contributed by atoms with Crippen LogP contribution in [0, 0.1) is 23.2 Å². The smallest absolute Gasteiger partial charge is 0.408 e. The molecule has 7 heteroatoms. The van der Waals surface area contributed by atoms with Crippen molar-refractivity contribution in [3.63, 3.8) is 0 Å². The number of carbonyl (C=O) groups is 3. The van der Waals surface area contributed by atoms with Crippen LogP contribution in [-0.2, 0) is 14.3 Å². The normalized spacial score (nSPS) is 28.3. The maximum Gasteiger partial charge on any atom is 0.408 e. The molecule has 1 aliphatic heterocycles. The number of carboxylic acids is 1. The highest BCUT2D eigenvalue weighted by atomic mass is 16.6. The van der Waals surface area contributed by atoms with E-state index in [0.29, 0.717) is 6.54 Å². The van der Waals surface area contributed by atoms with Crippen LogP contribution in [0.5, 0.6) is 0 Å². The quantitative estimate of drug-likeness (QED) is 0.806. The Labute approximate surface area is 149 Å². The van der Waals surface area contributed by atoms with Crippen molar-refractivity contribution in [1.29, 1.82) is 0 Å². The molecule has 1 heterocycles. The number of hydrogen-bond donors (Lipinski definition) is 2. The Bertz CT molecular complexity index is 579. The second-order valence-electron chi connectivity index (χ2n) is 9.10. The first kappa shape index (κ1) is 19.5. The number of rotatable bonds is 4. The van der Waals surface area contributed by atoms with Crippen LogP contribution >= 0.6 is 0 Å². The van der Waals surface area contributed by atoms with E-state index in [4.69, 9.17) is 4.74 Å². The van der Waals surface area contributed by atoms with Crippen LogP contribution in [0.3, 0.4) is 0 Å². The molecule has 0 bridgehead atoms. The number of fused-ring (bicyclic) bond motifs is 1. The van der Waals surface area contributed by atoms with Crippen molar-refractivity contribution in [2.45, 2.75) is 66.2 Å². The first-order valence-electron chi connectivity index (χ1n) is 8.80. The summed E-state index contributed by atoms with van der Waals surface area (Å²) in [4.78, 5) is 38.2. The van der Waals surface area contributed by atoms with Crippen molar-refractivity contribution in [2.75, 3.05) is 6.54 Å². The van der Waals surface area contributed by atoms with E-state index < -0.39 is 29.7 Å². The number of aliphatic carboxylic acids is 1. The fourth-order valence-corrected chi connectivity index (χ4v) is 3.92. The molecule has 2 fully saturated rings. The van der Waals surface area contributed by atoms with Crippen LogP contribution in [0.4, 0.5) is 4.79 Å². The number of piperidine rings is 1. The van der Waals surface area contributed by atoms with Crippen molar-refractivity contribution in [3.8, 4) is 0 Å². The van der Waals surface area contributed by atoms with Crippen LogP contribution in [0.1, 0.15) is 48.5 Å². The lowest BCUT2D eigenvalue weighted by Crippen LogP contribution is -2.56. The number of ether oxygens (including phenoxy) is 1. The summed E-state index contributed by atoms with van der Waals surface area (Å²) in [7, 11) is 0. The van der Waals surface area contributed by atoms with Gasteiger partial charge >= 0.3 is 12.1 Å². The zero-order valence-electron chi connectivity index (χ0n) is 16.1. The number of nitrogens with one attached hydrogen (secondary N) is 1. The maximum atomic E-state index is 13.0. The van der Waals surface area contributed by atoms with E-state index in [1.807, 2.05) is 27.7 Å².